The molecule has 0 saturated carbocycles. The molecule has 1 unspecified atom stereocenters. The van der Waals surface area contributed by atoms with Gasteiger partial charge in [-0.15, -0.1) is 0 Å². The Morgan fingerprint density at radius 1 is 1.38 bits per heavy atom. The summed E-state index contributed by atoms with van der Waals surface area (Å²) in [6.07, 6.45) is 2.34. The maximum absolute atomic E-state index is 12.5. The molecule has 0 aliphatic heterocycles. The van der Waals surface area contributed by atoms with Gasteiger partial charge in [0.2, 0.25) is 10.0 Å². The van der Waals surface area contributed by atoms with Crippen LogP contribution >= 0.6 is 11.6 Å². The molecule has 0 bridgehead atoms. The Morgan fingerprint density at radius 2 is 2.05 bits per heavy atom. The molecule has 0 fully saturated rings. The number of rotatable bonds is 8. The van der Waals surface area contributed by atoms with Crippen molar-refractivity contribution in [2.24, 2.45) is 0 Å². The molecule has 0 amide bonds. The van der Waals surface area contributed by atoms with Gasteiger partial charge in [-0.2, -0.15) is 0 Å². The molecule has 0 heterocycles. The maximum atomic E-state index is 12.5. The maximum Gasteiger partial charge on any atom is 0.244 e. The highest BCUT2D eigenvalue weighted by molar-refractivity contribution is 7.89. The van der Waals surface area contributed by atoms with E-state index in [-0.39, 0.29) is 28.3 Å². The minimum Gasteiger partial charge on any atom is -0.495 e. The largest absolute Gasteiger partial charge is 0.495 e. The molecular weight excluding hydrogens is 314 g/mol. The molecule has 7 heteroatoms. The smallest absolute Gasteiger partial charge is 0.244 e. The SMILES string of the molecule is CCCC(CC)NS(=O)(=O)c1cc(Cl)cc(CO)c1OC. The van der Waals surface area contributed by atoms with Crippen LogP contribution in [-0.4, -0.2) is 26.7 Å². The van der Waals surface area contributed by atoms with Crippen LogP contribution in [0.4, 0.5) is 0 Å². The van der Waals surface area contributed by atoms with Crippen molar-refractivity contribution < 1.29 is 18.3 Å². The molecule has 0 aliphatic rings. The Bertz CT molecular complexity index is 575. The number of aliphatic hydroxyl groups is 1. The van der Waals surface area contributed by atoms with E-state index in [1.165, 1.54) is 19.2 Å². The zero-order valence-electron chi connectivity index (χ0n) is 12.5. The number of hydrogen-bond donors (Lipinski definition) is 2. The van der Waals surface area contributed by atoms with Crippen molar-refractivity contribution in [2.45, 2.75) is 50.7 Å². The minimum atomic E-state index is -3.76. The molecule has 0 radical (unpaired) electrons. The molecule has 120 valence electrons. The Morgan fingerprint density at radius 3 is 2.52 bits per heavy atom. The van der Waals surface area contributed by atoms with Crippen LogP contribution in [0.1, 0.15) is 38.7 Å². The lowest BCUT2D eigenvalue weighted by Gasteiger charge is -2.19. The fourth-order valence-electron chi connectivity index (χ4n) is 2.15. The van der Waals surface area contributed by atoms with Gasteiger partial charge >= 0.3 is 0 Å². The first-order chi connectivity index (χ1) is 9.89. The zero-order valence-corrected chi connectivity index (χ0v) is 14.1. The van der Waals surface area contributed by atoms with E-state index in [0.29, 0.717) is 12.0 Å². The summed E-state index contributed by atoms with van der Waals surface area (Å²) in [5, 5.41) is 9.56. The second kappa shape index (κ2) is 7.98. The van der Waals surface area contributed by atoms with Gasteiger partial charge in [0.05, 0.1) is 13.7 Å². The highest BCUT2D eigenvalue weighted by Crippen LogP contribution is 2.32. The van der Waals surface area contributed by atoms with Crippen molar-refractivity contribution in [1.29, 1.82) is 0 Å². The topological polar surface area (TPSA) is 75.6 Å². The van der Waals surface area contributed by atoms with Crippen molar-refractivity contribution in [3.05, 3.63) is 22.7 Å². The van der Waals surface area contributed by atoms with Crippen LogP contribution in [0.2, 0.25) is 5.02 Å². The van der Waals surface area contributed by atoms with Crippen LogP contribution in [0, 0.1) is 0 Å². The van der Waals surface area contributed by atoms with Gasteiger partial charge in [-0.25, -0.2) is 13.1 Å². The highest BCUT2D eigenvalue weighted by atomic mass is 35.5. The van der Waals surface area contributed by atoms with E-state index in [2.05, 4.69) is 4.72 Å². The minimum absolute atomic E-state index is 0.0453. The van der Waals surface area contributed by atoms with Crippen LogP contribution in [0.25, 0.3) is 0 Å². The van der Waals surface area contributed by atoms with Crippen molar-refractivity contribution in [1.82, 2.24) is 4.72 Å². The first-order valence-corrected chi connectivity index (χ1v) is 8.75. The lowest BCUT2D eigenvalue weighted by Crippen LogP contribution is -2.34. The standard InChI is InChI=1S/C14H22ClNO4S/c1-4-6-12(5-2)16-21(18,19)13-8-11(15)7-10(9-17)14(13)20-3/h7-8,12,16-17H,4-6,9H2,1-3H3. The molecule has 0 aromatic heterocycles. The van der Waals surface area contributed by atoms with Gasteiger partial charge in [0.15, 0.2) is 0 Å². The van der Waals surface area contributed by atoms with E-state index in [1.54, 1.807) is 0 Å². The molecule has 1 atom stereocenters. The van der Waals surface area contributed by atoms with Crippen LogP contribution in [0.15, 0.2) is 17.0 Å². The van der Waals surface area contributed by atoms with Gasteiger partial charge < -0.3 is 9.84 Å². The summed E-state index contributed by atoms with van der Waals surface area (Å²) in [6, 6.07) is 2.69. The third-order valence-electron chi connectivity index (χ3n) is 3.21. The van der Waals surface area contributed by atoms with Gasteiger partial charge in [0.25, 0.3) is 0 Å². The van der Waals surface area contributed by atoms with E-state index < -0.39 is 10.0 Å². The van der Waals surface area contributed by atoms with Crippen LogP contribution in [-0.2, 0) is 16.6 Å². The number of hydrogen-bond acceptors (Lipinski definition) is 4. The van der Waals surface area contributed by atoms with Gasteiger partial charge in [-0.1, -0.05) is 31.9 Å². The van der Waals surface area contributed by atoms with Gasteiger partial charge in [0, 0.05) is 16.6 Å². The lowest BCUT2D eigenvalue weighted by atomic mass is 10.1. The summed E-state index contributed by atoms with van der Waals surface area (Å²) < 4.78 is 32.9. The van der Waals surface area contributed by atoms with Crippen LogP contribution in [0.3, 0.4) is 0 Å². The molecule has 0 saturated heterocycles. The second-order valence-corrected chi connectivity index (χ2v) is 6.89. The summed E-state index contributed by atoms with van der Waals surface area (Å²) in [6.45, 7) is 3.58. The number of sulfonamides is 1. The average molecular weight is 336 g/mol. The molecule has 0 spiro atoms. The molecule has 0 aliphatic carbocycles. The number of nitrogens with one attached hydrogen (secondary N) is 1. The molecule has 5 nitrogen and oxygen atoms in total. The molecule has 2 N–H and O–H groups in total. The highest BCUT2D eigenvalue weighted by Gasteiger charge is 2.25. The summed E-state index contributed by atoms with van der Waals surface area (Å²) in [4.78, 5) is -0.0453. The summed E-state index contributed by atoms with van der Waals surface area (Å²) in [5.41, 5.74) is 0.342. The Balaban J connectivity index is 3.27. The van der Waals surface area contributed by atoms with E-state index >= 15 is 0 Å². The van der Waals surface area contributed by atoms with Gasteiger partial charge in [-0.05, 0) is 25.0 Å². The number of methoxy groups -OCH3 is 1. The lowest BCUT2D eigenvalue weighted by molar-refractivity contribution is 0.272. The van der Waals surface area contributed by atoms with Crippen LogP contribution < -0.4 is 9.46 Å². The number of benzene rings is 1. The molecular formula is C14H22ClNO4S. The fourth-order valence-corrected chi connectivity index (χ4v) is 4.05. The Kier molecular flexibility index (Phi) is 6.93. The van der Waals surface area contributed by atoms with Crippen molar-refractivity contribution in [2.75, 3.05) is 7.11 Å². The first kappa shape index (κ1) is 18.2. The zero-order chi connectivity index (χ0) is 16.0. The van der Waals surface area contributed by atoms with Crippen LogP contribution in [0.5, 0.6) is 5.75 Å². The van der Waals surface area contributed by atoms with E-state index in [4.69, 9.17) is 16.3 Å². The predicted octanol–water partition coefficient (Wildman–Crippen LogP) is 2.70. The molecule has 1 aromatic rings. The number of aliphatic hydroxyl groups excluding tert-OH is 1. The molecule has 21 heavy (non-hydrogen) atoms. The summed E-state index contributed by atoms with van der Waals surface area (Å²) in [7, 11) is -2.40. The summed E-state index contributed by atoms with van der Waals surface area (Å²) in [5.74, 6) is 0.126. The van der Waals surface area contributed by atoms with E-state index in [1.807, 2.05) is 13.8 Å². The van der Waals surface area contributed by atoms with E-state index in [0.717, 1.165) is 12.8 Å². The summed E-state index contributed by atoms with van der Waals surface area (Å²) >= 11 is 5.94. The predicted molar refractivity (Wildman–Crippen MR) is 83.2 cm³/mol. The Hall–Kier alpha value is -0.820. The quantitative estimate of drug-likeness (QED) is 0.766. The third kappa shape index (κ3) is 4.57. The van der Waals surface area contributed by atoms with Crippen molar-refractivity contribution >= 4 is 21.6 Å². The fraction of sp³-hybridized carbons (Fsp3) is 0.571. The number of ether oxygens (including phenoxy) is 1. The third-order valence-corrected chi connectivity index (χ3v) is 4.96. The Labute approximate surface area is 131 Å². The van der Waals surface area contributed by atoms with Gasteiger partial charge in [-0.3, -0.25) is 0 Å². The first-order valence-electron chi connectivity index (χ1n) is 6.89. The van der Waals surface area contributed by atoms with E-state index in [9.17, 15) is 13.5 Å². The van der Waals surface area contributed by atoms with Gasteiger partial charge in [0.1, 0.15) is 10.6 Å². The second-order valence-electron chi connectivity index (χ2n) is 4.77. The number of halogens is 1. The van der Waals surface area contributed by atoms with Crippen molar-refractivity contribution in [3.8, 4) is 5.75 Å². The van der Waals surface area contributed by atoms with Crippen molar-refractivity contribution in [3.63, 3.8) is 0 Å². The molecule has 1 rings (SSSR count). The normalized spacial score (nSPS) is 13.2. The average Bonchev–Trinajstić information content (AvgIpc) is 2.45. The monoisotopic (exact) mass is 335 g/mol. The molecule has 1 aromatic carbocycles.